The first-order chi connectivity index (χ1) is 19.0. The van der Waals surface area contributed by atoms with Crippen LogP contribution in [-0.2, 0) is 11.4 Å². The summed E-state index contributed by atoms with van der Waals surface area (Å²) in [6, 6.07) is 34.7. The van der Waals surface area contributed by atoms with Crippen molar-refractivity contribution < 1.29 is 9.53 Å². The second-order valence-corrected chi connectivity index (χ2v) is 10.7. The van der Waals surface area contributed by atoms with Crippen molar-refractivity contribution in [2.75, 3.05) is 0 Å². The Kier molecular flexibility index (Phi) is 8.26. The van der Waals surface area contributed by atoms with Gasteiger partial charge in [-0.05, 0) is 82.2 Å². The Morgan fingerprint density at radius 3 is 2.41 bits per heavy atom. The smallest absolute Gasteiger partial charge is 0.267 e. The average molecular weight is 595 g/mol. The van der Waals surface area contributed by atoms with Gasteiger partial charge in [0.2, 0.25) is 0 Å². The standard InChI is InChI=1S/C32H24BrN3O2S/c1-22(24-10-4-2-5-11-24)36-31(37)30(39-32(36)35-27-14-6-3-7-15-27)19-23-16-17-29(28(33)18-23)38-21-26-13-9-8-12-25(26)20-34/h2-19,22H,21H2,1H3/b30-19+,35-32?/t22-/m0/s1. The predicted octanol–water partition coefficient (Wildman–Crippen LogP) is 8.26. The molecule has 0 bridgehead atoms. The topological polar surface area (TPSA) is 65.7 Å². The maximum atomic E-state index is 13.7. The van der Waals surface area contributed by atoms with E-state index in [2.05, 4.69) is 22.0 Å². The van der Waals surface area contributed by atoms with Crippen molar-refractivity contribution in [3.8, 4) is 11.8 Å². The fraction of sp³-hybridized carbons (Fsp3) is 0.0938. The Balaban J connectivity index is 1.41. The molecule has 39 heavy (non-hydrogen) atoms. The number of halogens is 1. The van der Waals surface area contributed by atoms with Gasteiger partial charge < -0.3 is 4.74 Å². The molecule has 0 radical (unpaired) electrons. The highest BCUT2D eigenvalue weighted by atomic mass is 79.9. The number of rotatable bonds is 7. The lowest BCUT2D eigenvalue weighted by Gasteiger charge is -2.24. The van der Waals surface area contributed by atoms with Gasteiger partial charge in [-0.25, -0.2) is 4.99 Å². The van der Waals surface area contributed by atoms with Gasteiger partial charge >= 0.3 is 0 Å². The summed E-state index contributed by atoms with van der Waals surface area (Å²) >= 11 is 4.97. The molecule has 1 saturated heterocycles. The van der Waals surface area contributed by atoms with Gasteiger partial charge in [0.25, 0.3) is 5.91 Å². The Labute approximate surface area is 240 Å². The molecule has 192 valence electrons. The first-order valence-corrected chi connectivity index (χ1v) is 14.0. The molecule has 4 aromatic carbocycles. The van der Waals surface area contributed by atoms with Crippen LogP contribution in [-0.4, -0.2) is 16.0 Å². The van der Waals surface area contributed by atoms with Crippen LogP contribution in [0, 0.1) is 11.3 Å². The van der Waals surface area contributed by atoms with Gasteiger partial charge in [-0.1, -0.05) is 72.8 Å². The molecular formula is C32H24BrN3O2S. The second-order valence-electron chi connectivity index (χ2n) is 8.85. The molecule has 0 saturated carbocycles. The molecule has 7 heteroatoms. The lowest BCUT2D eigenvalue weighted by Crippen LogP contribution is -2.32. The van der Waals surface area contributed by atoms with E-state index in [-0.39, 0.29) is 18.6 Å². The highest BCUT2D eigenvalue weighted by Crippen LogP contribution is 2.39. The normalized spacial score (nSPS) is 15.9. The van der Waals surface area contributed by atoms with E-state index in [0.29, 0.717) is 21.4 Å². The fourth-order valence-corrected chi connectivity index (χ4v) is 5.76. The van der Waals surface area contributed by atoms with E-state index in [1.807, 2.05) is 110 Å². The molecule has 1 aliphatic rings. The number of hydrogen-bond donors (Lipinski definition) is 0. The number of amidine groups is 1. The van der Waals surface area contributed by atoms with E-state index in [0.717, 1.165) is 26.9 Å². The van der Waals surface area contributed by atoms with Crippen LogP contribution >= 0.6 is 27.7 Å². The largest absolute Gasteiger partial charge is 0.488 e. The van der Waals surface area contributed by atoms with E-state index in [4.69, 9.17) is 9.73 Å². The summed E-state index contributed by atoms with van der Waals surface area (Å²) in [4.78, 5) is 20.9. The van der Waals surface area contributed by atoms with Crippen molar-refractivity contribution in [3.63, 3.8) is 0 Å². The minimum absolute atomic E-state index is 0.0874. The van der Waals surface area contributed by atoms with Crippen molar-refractivity contribution in [3.05, 3.63) is 135 Å². The van der Waals surface area contributed by atoms with Gasteiger partial charge in [-0.15, -0.1) is 0 Å². The van der Waals surface area contributed by atoms with E-state index in [1.54, 1.807) is 11.0 Å². The summed E-state index contributed by atoms with van der Waals surface area (Å²) in [6.45, 7) is 2.30. The van der Waals surface area contributed by atoms with Gasteiger partial charge in [-0.2, -0.15) is 5.26 Å². The quantitative estimate of drug-likeness (QED) is 0.202. The first kappa shape index (κ1) is 26.5. The van der Waals surface area contributed by atoms with Gasteiger partial charge in [0, 0.05) is 5.56 Å². The fourth-order valence-electron chi connectivity index (χ4n) is 4.19. The summed E-state index contributed by atoms with van der Waals surface area (Å²) in [7, 11) is 0. The lowest BCUT2D eigenvalue weighted by atomic mass is 10.1. The number of para-hydroxylation sites is 1. The molecule has 0 spiro atoms. The first-order valence-electron chi connectivity index (χ1n) is 12.4. The van der Waals surface area contributed by atoms with Crippen LogP contribution in [0.15, 0.2) is 117 Å². The number of thioether (sulfide) groups is 1. The average Bonchev–Trinajstić information content (AvgIpc) is 3.27. The lowest BCUT2D eigenvalue weighted by molar-refractivity contribution is -0.123. The zero-order chi connectivity index (χ0) is 27.2. The molecule has 0 aliphatic carbocycles. The summed E-state index contributed by atoms with van der Waals surface area (Å²) in [5.41, 5.74) is 4.10. The Bertz CT molecular complexity index is 1600. The van der Waals surface area contributed by atoms with Crippen molar-refractivity contribution in [1.29, 1.82) is 5.26 Å². The SMILES string of the molecule is C[C@@H](c1ccccc1)N1C(=O)/C(=C\c2ccc(OCc3ccccc3C#N)c(Br)c2)SC1=Nc1ccccc1. The number of benzene rings is 4. The number of nitrogens with zero attached hydrogens (tertiary/aromatic N) is 3. The van der Waals surface area contributed by atoms with Crippen molar-refractivity contribution in [2.45, 2.75) is 19.6 Å². The van der Waals surface area contributed by atoms with Crippen LogP contribution in [0.2, 0.25) is 0 Å². The molecule has 1 amide bonds. The molecule has 1 heterocycles. The highest BCUT2D eigenvalue weighted by molar-refractivity contribution is 9.10. The van der Waals surface area contributed by atoms with Crippen LogP contribution in [0.5, 0.6) is 5.75 Å². The number of carbonyl (C=O) groups excluding carboxylic acids is 1. The molecule has 0 N–H and O–H groups in total. The third-order valence-electron chi connectivity index (χ3n) is 6.26. The molecule has 4 aromatic rings. The van der Waals surface area contributed by atoms with Gasteiger partial charge in [0.05, 0.1) is 32.7 Å². The van der Waals surface area contributed by atoms with Crippen molar-refractivity contribution in [2.24, 2.45) is 4.99 Å². The Morgan fingerprint density at radius 2 is 1.69 bits per heavy atom. The van der Waals surface area contributed by atoms with E-state index in [1.165, 1.54) is 11.8 Å². The Hall–Kier alpha value is -4.12. The van der Waals surface area contributed by atoms with Crippen LogP contribution in [0.4, 0.5) is 5.69 Å². The molecule has 0 unspecified atom stereocenters. The number of hydrogen-bond acceptors (Lipinski definition) is 5. The molecule has 5 nitrogen and oxygen atoms in total. The maximum absolute atomic E-state index is 13.7. The molecule has 1 aliphatic heterocycles. The van der Waals surface area contributed by atoms with Crippen LogP contribution < -0.4 is 4.74 Å². The van der Waals surface area contributed by atoms with Gasteiger partial charge in [0.15, 0.2) is 5.17 Å². The van der Waals surface area contributed by atoms with Gasteiger partial charge in [0.1, 0.15) is 12.4 Å². The Morgan fingerprint density at radius 1 is 1.00 bits per heavy atom. The summed E-state index contributed by atoms with van der Waals surface area (Å²) in [5.74, 6) is 0.566. The molecular weight excluding hydrogens is 570 g/mol. The van der Waals surface area contributed by atoms with Crippen LogP contribution in [0.1, 0.15) is 35.2 Å². The van der Waals surface area contributed by atoms with E-state index < -0.39 is 0 Å². The second kappa shape index (κ2) is 12.2. The number of amides is 1. The van der Waals surface area contributed by atoms with Gasteiger partial charge in [-0.3, -0.25) is 9.69 Å². The number of aliphatic imine (C=N–C) groups is 1. The zero-order valence-electron chi connectivity index (χ0n) is 21.1. The zero-order valence-corrected chi connectivity index (χ0v) is 23.5. The third kappa shape index (κ3) is 6.14. The number of ether oxygens (including phenoxy) is 1. The molecule has 0 aromatic heterocycles. The van der Waals surface area contributed by atoms with Crippen LogP contribution in [0.25, 0.3) is 6.08 Å². The minimum Gasteiger partial charge on any atom is -0.488 e. The highest BCUT2D eigenvalue weighted by Gasteiger charge is 2.37. The molecule has 1 fully saturated rings. The van der Waals surface area contributed by atoms with E-state index in [9.17, 15) is 10.1 Å². The number of carbonyl (C=O) groups is 1. The molecule has 1 atom stereocenters. The monoisotopic (exact) mass is 593 g/mol. The van der Waals surface area contributed by atoms with Crippen molar-refractivity contribution >= 4 is 50.5 Å². The third-order valence-corrected chi connectivity index (χ3v) is 7.86. The maximum Gasteiger partial charge on any atom is 0.267 e. The number of nitriles is 1. The molecule has 5 rings (SSSR count). The summed E-state index contributed by atoms with van der Waals surface area (Å²) in [5, 5.41) is 9.96. The summed E-state index contributed by atoms with van der Waals surface area (Å²) in [6.07, 6.45) is 1.88. The van der Waals surface area contributed by atoms with Crippen molar-refractivity contribution in [1.82, 2.24) is 4.90 Å². The minimum atomic E-state index is -0.182. The van der Waals surface area contributed by atoms with Crippen LogP contribution in [0.3, 0.4) is 0 Å². The van der Waals surface area contributed by atoms with E-state index >= 15 is 0 Å². The predicted molar refractivity (Wildman–Crippen MR) is 160 cm³/mol. The summed E-state index contributed by atoms with van der Waals surface area (Å²) < 4.78 is 6.73.